The van der Waals surface area contributed by atoms with Crippen molar-refractivity contribution in [3.8, 4) is 0 Å². The molecule has 0 bridgehead atoms. The van der Waals surface area contributed by atoms with Crippen molar-refractivity contribution in [2.24, 2.45) is 10.2 Å². The van der Waals surface area contributed by atoms with E-state index >= 15 is 0 Å². The van der Waals surface area contributed by atoms with E-state index in [1.165, 1.54) is 0 Å². The van der Waals surface area contributed by atoms with Gasteiger partial charge in [0, 0.05) is 0 Å². The average molecular weight is 154 g/mol. The third-order valence-corrected chi connectivity index (χ3v) is 1.41. The Labute approximate surface area is 69.4 Å². The van der Waals surface area contributed by atoms with E-state index in [4.69, 9.17) is 0 Å². The predicted molar refractivity (Wildman–Crippen MR) is 48.9 cm³/mol. The number of nitrogens with zero attached hydrogens (tertiary/aromatic N) is 2. The average Bonchev–Trinajstić information content (AvgIpc) is 2.03. The molecule has 2 nitrogen and oxygen atoms in total. The molecule has 0 aliphatic carbocycles. The molecule has 0 aliphatic heterocycles. The molecule has 0 aromatic rings. The van der Waals surface area contributed by atoms with Crippen LogP contribution in [0.1, 0.15) is 33.1 Å². The summed E-state index contributed by atoms with van der Waals surface area (Å²) in [5, 5.41) is 8.16. The highest BCUT2D eigenvalue weighted by atomic mass is 15.1. The van der Waals surface area contributed by atoms with Crippen LogP contribution in [0.4, 0.5) is 0 Å². The Morgan fingerprint density at radius 2 is 2.09 bits per heavy atom. The number of hydrogen-bond donors (Lipinski definition) is 0. The standard InChI is InChI=1S/C9H18N2/c1-4-7-9(6-3)11-10-8-5-2/h6,9H,3-5,7-8H2,1-2H3. The Balaban J connectivity index is 3.57. The van der Waals surface area contributed by atoms with Crippen LogP contribution in [0.5, 0.6) is 0 Å². The summed E-state index contributed by atoms with van der Waals surface area (Å²) in [4.78, 5) is 0. The van der Waals surface area contributed by atoms with E-state index in [1.807, 2.05) is 6.08 Å². The molecule has 0 amide bonds. The molecule has 11 heavy (non-hydrogen) atoms. The lowest BCUT2D eigenvalue weighted by molar-refractivity contribution is 0.656. The van der Waals surface area contributed by atoms with Crippen LogP contribution in [0.25, 0.3) is 0 Å². The zero-order valence-corrected chi connectivity index (χ0v) is 7.58. The summed E-state index contributed by atoms with van der Waals surface area (Å²) >= 11 is 0. The number of rotatable bonds is 6. The van der Waals surface area contributed by atoms with E-state index in [0.29, 0.717) is 0 Å². The molecule has 0 radical (unpaired) electrons. The van der Waals surface area contributed by atoms with Crippen LogP contribution < -0.4 is 0 Å². The molecule has 2 heteroatoms. The fourth-order valence-corrected chi connectivity index (χ4v) is 0.781. The van der Waals surface area contributed by atoms with Crippen molar-refractivity contribution in [3.63, 3.8) is 0 Å². The Bertz CT molecular complexity index is 119. The molecule has 0 spiro atoms. The molecule has 0 aliphatic rings. The predicted octanol–water partition coefficient (Wildman–Crippen LogP) is 3.20. The van der Waals surface area contributed by atoms with Crippen LogP contribution in [0.15, 0.2) is 22.9 Å². The van der Waals surface area contributed by atoms with Gasteiger partial charge in [0.05, 0.1) is 12.6 Å². The van der Waals surface area contributed by atoms with E-state index in [0.717, 1.165) is 25.8 Å². The lowest BCUT2D eigenvalue weighted by Crippen LogP contribution is -1.97. The Morgan fingerprint density at radius 3 is 2.55 bits per heavy atom. The molecule has 0 saturated heterocycles. The summed E-state index contributed by atoms with van der Waals surface area (Å²) in [5.41, 5.74) is 0. The monoisotopic (exact) mass is 154 g/mol. The van der Waals surface area contributed by atoms with Crippen LogP contribution in [-0.2, 0) is 0 Å². The molecule has 0 fully saturated rings. The molecule has 0 saturated carbocycles. The van der Waals surface area contributed by atoms with Gasteiger partial charge in [-0.3, -0.25) is 0 Å². The highest BCUT2D eigenvalue weighted by molar-refractivity contribution is 4.83. The second-order valence-corrected chi connectivity index (χ2v) is 2.57. The normalized spacial score (nSPS) is 13.6. The molecular weight excluding hydrogens is 136 g/mol. The SMILES string of the molecule is C=CC(CCC)N=NCCC. The van der Waals surface area contributed by atoms with Crippen LogP contribution in [-0.4, -0.2) is 12.6 Å². The van der Waals surface area contributed by atoms with Crippen molar-refractivity contribution in [2.75, 3.05) is 6.54 Å². The van der Waals surface area contributed by atoms with E-state index in [1.54, 1.807) is 0 Å². The Morgan fingerprint density at radius 1 is 1.36 bits per heavy atom. The summed E-state index contributed by atoms with van der Waals surface area (Å²) in [7, 11) is 0. The van der Waals surface area contributed by atoms with E-state index in [-0.39, 0.29) is 6.04 Å². The summed E-state index contributed by atoms with van der Waals surface area (Å²) < 4.78 is 0. The fraction of sp³-hybridized carbons (Fsp3) is 0.778. The van der Waals surface area contributed by atoms with Crippen molar-refractivity contribution >= 4 is 0 Å². The molecule has 0 aromatic heterocycles. The van der Waals surface area contributed by atoms with Gasteiger partial charge in [0.2, 0.25) is 0 Å². The second-order valence-electron chi connectivity index (χ2n) is 2.57. The van der Waals surface area contributed by atoms with Gasteiger partial charge in [-0.1, -0.05) is 26.3 Å². The van der Waals surface area contributed by atoms with Crippen LogP contribution in [0.2, 0.25) is 0 Å². The van der Waals surface area contributed by atoms with Gasteiger partial charge in [-0.05, 0) is 12.8 Å². The smallest absolute Gasteiger partial charge is 0.0885 e. The fourth-order valence-electron chi connectivity index (χ4n) is 0.781. The van der Waals surface area contributed by atoms with Crippen molar-refractivity contribution in [1.29, 1.82) is 0 Å². The molecular formula is C9H18N2. The first-order chi connectivity index (χ1) is 5.35. The first-order valence-electron chi connectivity index (χ1n) is 4.34. The molecule has 0 heterocycles. The first kappa shape index (κ1) is 10.3. The molecule has 0 N–H and O–H groups in total. The minimum absolute atomic E-state index is 0.242. The van der Waals surface area contributed by atoms with Crippen molar-refractivity contribution in [2.45, 2.75) is 39.2 Å². The molecule has 0 rings (SSSR count). The van der Waals surface area contributed by atoms with Gasteiger partial charge in [-0.25, -0.2) is 0 Å². The highest BCUT2D eigenvalue weighted by Gasteiger charge is 1.97. The van der Waals surface area contributed by atoms with Gasteiger partial charge >= 0.3 is 0 Å². The van der Waals surface area contributed by atoms with Crippen LogP contribution >= 0.6 is 0 Å². The summed E-state index contributed by atoms with van der Waals surface area (Å²) in [6.45, 7) is 8.79. The number of azo groups is 1. The van der Waals surface area contributed by atoms with E-state index < -0.39 is 0 Å². The maximum Gasteiger partial charge on any atom is 0.0885 e. The van der Waals surface area contributed by atoms with Crippen molar-refractivity contribution in [1.82, 2.24) is 0 Å². The highest BCUT2D eigenvalue weighted by Crippen LogP contribution is 2.02. The zero-order chi connectivity index (χ0) is 8.53. The first-order valence-corrected chi connectivity index (χ1v) is 4.34. The molecule has 0 aromatic carbocycles. The Kier molecular flexibility index (Phi) is 7.00. The molecule has 1 unspecified atom stereocenters. The van der Waals surface area contributed by atoms with E-state index in [2.05, 4.69) is 30.7 Å². The largest absolute Gasteiger partial charge is 0.194 e. The second kappa shape index (κ2) is 7.45. The van der Waals surface area contributed by atoms with Crippen LogP contribution in [0, 0.1) is 0 Å². The van der Waals surface area contributed by atoms with Gasteiger partial charge in [-0.15, -0.1) is 6.58 Å². The summed E-state index contributed by atoms with van der Waals surface area (Å²) in [6.07, 6.45) is 5.14. The van der Waals surface area contributed by atoms with Gasteiger partial charge in [0.1, 0.15) is 0 Å². The third kappa shape index (κ3) is 5.77. The van der Waals surface area contributed by atoms with Gasteiger partial charge in [0.15, 0.2) is 0 Å². The minimum atomic E-state index is 0.242. The molecule has 1 atom stereocenters. The summed E-state index contributed by atoms with van der Waals surface area (Å²) in [6, 6.07) is 0.242. The van der Waals surface area contributed by atoms with Crippen molar-refractivity contribution in [3.05, 3.63) is 12.7 Å². The molecule has 64 valence electrons. The van der Waals surface area contributed by atoms with Gasteiger partial charge in [0.25, 0.3) is 0 Å². The summed E-state index contributed by atoms with van der Waals surface area (Å²) in [5.74, 6) is 0. The topological polar surface area (TPSA) is 24.7 Å². The van der Waals surface area contributed by atoms with Crippen LogP contribution in [0.3, 0.4) is 0 Å². The minimum Gasteiger partial charge on any atom is -0.194 e. The van der Waals surface area contributed by atoms with Gasteiger partial charge < -0.3 is 0 Å². The van der Waals surface area contributed by atoms with E-state index in [9.17, 15) is 0 Å². The lowest BCUT2D eigenvalue weighted by Gasteiger charge is -2.01. The maximum absolute atomic E-state index is 4.13. The third-order valence-electron chi connectivity index (χ3n) is 1.41. The number of hydrogen-bond acceptors (Lipinski definition) is 2. The quantitative estimate of drug-likeness (QED) is 0.414. The zero-order valence-electron chi connectivity index (χ0n) is 7.58. The Hall–Kier alpha value is -0.660. The van der Waals surface area contributed by atoms with Crippen molar-refractivity contribution < 1.29 is 0 Å². The lowest BCUT2D eigenvalue weighted by atomic mass is 10.2. The van der Waals surface area contributed by atoms with Gasteiger partial charge in [-0.2, -0.15) is 10.2 Å². The maximum atomic E-state index is 4.13.